The fourth-order valence-electron chi connectivity index (χ4n) is 0.395. The molecule has 0 atom stereocenters. The molecule has 0 aromatic rings. The molecule has 0 aliphatic carbocycles. The van der Waals surface area contributed by atoms with Gasteiger partial charge in [-0.3, -0.25) is 0 Å². The predicted octanol–water partition coefficient (Wildman–Crippen LogP) is 2.88. The number of allylic oxidation sites excluding steroid dienone is 5. The second kappa shape index (κ2) is 3.88. The number of aliphatic hydroxyl groups is 1. The minimum atomic E-state index is -0.449. The van der Waals surface area contributed by atoms with Gasteiger partial charge in [-0.25, -0.2) is 4.39 Å². The van der Waals surface area contributed by atoms with E-state index in [1.807, 2.05) is 0 Å². The molecule has 0 amide bonds. The van der Waals surface area contributed by atoms with E-state index in [1.165, 1.54) is 13.0 Å². The quantitative estimate of drug-likeness (QED) is 0.464. The lowest BCUT2D eigenvalue weighted by atomic mass is 10.2. The fraction of sp³-hybridized carbons (Fsp3) is 0.250. The Morgan fingerprint density at radius 3 is 2.30 bits per heavy atom. The number of hydrogen-bond donors (Lipinski definition) is 1. The molecule has 56 valence electrons. The Balaban J connectivity index is 4.48. The SMILES string of the molecule is C=C/C(C)=C(F)\C=C(/C)O. The third kappa shape index (κ3) is 3.07. The molecule has 0 heterocycles. The summed E-state index contributed by atoms with van der Waals surface area (Å²) >= 11 is 0. The summed E-state index contributed by atoms with van der Waals surface area (Å²) in [6, 6.07) is 0. The lowest BCUT2D eigenvalue weighted by Crippen LogP contribution is -1.76. The number of aliphatic hydroxyl groups excluding tert-OH is 1. The van der Waals surface area contributed by atoms with Crippen molar-refractivity contribution in [2.24, 2.45) is 0 Å². The molecule has 0 rings (SSSR count). The van der Waals surface area contributed by atoms with E-state index in [2.05, 4.69) is 6.58 Å². The van der Waals surface area contributed by atoms with Crippen LogP contribution in [0.3, 0.4) is 0 Å². The van der Waals surface area contributed by atoms with E-state index in [1.54, 1.807) is 6.92 Å². The molecule has 10 heavy (non-hydrogen) atoms. The summed E-state index contributed by atoms with van der Waals surface area (Å²) in [7, 11) is 0. The third-order valence-electron chi connectivity index (χ3n) is 1.02. The number of hydrogen-bond acceptors (Lipinski definition) is 1. The van der Waals surface area contributed by atoms with Crippen LogP contribution in [0.2, 0.25) is 0 Å². The van der Waals surface area contributed by atoms with Gasteiger partial charge in [0, 0.05) is 6.08 Å². The smallest absolute Gasteiger partial charge is 0.129 e. The van der Waals surface area contributed by atoms with Gasteiger partial charge < -0.3 is 5.11 Å². The summed E-state index contributed by atoms with van der Waals surface area (Å²) in [5, 5.41) is 8.62. The first kappa shape index (κ1) is 8.95. The molecule has 0 spiro atoms. The van der Waals surface area contributed by atoms with Crippen LogP contribution in [-0.4, -0.2) is 5.11 Å². The molecule has 0 fully saturated rings. The molecule has 0 aliphatic rings. The molecule has 2 heteroatoms. The van der Waals surface area contributed by atoms with E-state index in [4.69, 9.17) is 5.11 Å². The van der Waals surface area contributed by atoms with Crippen molar-refractivity contribution in [3.8, 4) is 0 Å². The van der Waals surface area contributed by atoms with Crippen LogP contribution in [0, 0.1) is 0 Å². The molecule has 0 aromatic heterocycles. The molecular weight excluding hydrogens is 131 g/mol. The first-order valence-corrected chi connectivity index (χ1v) is 2.94. The minimum absolute atomic E-state index is 0.0429. The Morgan fingerprint density at radius 2 is 2.00 bits per heavy atom. The van der Waals surface area contributed by atoms with Crippen molar-refractivity contribution in [2.75, 3.05) is 0 Å². The third-order valence-corrected chi connectivity index (χ3v) is 1.02. The van der Waals surface area contributed by atoms with Crippen LogP contribution in [0.5, 0.6) is 0 Å². The lowest BCUT2D eigenvalue weighted by molar-refractivity contribution is 0.411. The average molecular weight is 142 g/mol. The van der Waals surface area contributed by atoms with Gasteiger partial charge in [-0.2, -0.15) is 0 Å². The van der Waals surface area contributed by atoms with E-state index in [-0.39, 0.29) is 5.76 Å². The van der Waals surface area contributed by atoms with Gasteiger partial charge in [-0.05, 0) is 19.4 Å². The zero-order chi connectivity index (χ0) is 8.15. The first-order chi connectivity index (χ1) is 4.57. The van der Waals surface area contributed by atoms with Crippen LogP contribution in [0.1, 0.15) is 13.8 Å². The highest BCUT2D eigenvalue weighted by Crippen LogP contribution is 2.09. The van der Waals surface area contributed by atoms with Gasteiger partial charge in [0.15, 0.2) is 0 Å². The van der Waals surface area contributed by atoms with Gasteiger partial charge in [0.25, 0.3) is 0 Å². The van der Waals surface area contributed by atoms with E-state index >= 15 is 0 Å². The molecule has 0 saturated heterocycles. The lowest BCUT2D eigenvalue weighted by Gasteiger charge is -1.92. The van der Waals surface area contributed by atoms with Crippen LogP contribution < -0.4 is 0 Å². The average Bonchev–Trinajstić information content (AvgIpc) is 1.85. The highest BCUT2D eigenvalue weighted by Gasteiger charge is 1.93. The van der Waals surface area contributed by atoms with Crippen LogP contribution in [0.15, 0.2) is 35.9 Å². The Hall–Kier alpha value is -1.05. The Kier molecular flexibility index (Phi) is 3.47. The monoisotopic (exact) mass is 142 g/mol. The molecule has 0 aromatic carbocycles. The van der Waals surface area contributed by atoms with Crippen molar-refractivity contribution in [1.29, 1.82) is 0 Å². The maximum atomic E-state index is 12.6. The molecule has 0 aliphatic heterocycles. The molecule has 0 saturated carbocycles. The zero-order valence-electron chi connectivity index (χ0n) is 6.19. The van der Waals surface area contributed by atoms with Gasteiger partial charge in [0.1, 0.15) is 5.83 Å². The number of rotatable bonds is 2. The van der Waals surface area contributed by atoms with Gasteiger partial charge in [0.05, 0.1) is 5.76 Å². The van der Waals surface area contributed by atoms with E-state index in [0.717, 1.165) is 6.08 Å². The summed E-state index contributed by atoms with van der Waals surface area (Å²) in [5.41, 5.74) is 0.424. The van der Waals surface area contributed by atoms with Crippen LogP contribution in [0.25, 0.3) is 0 Å². The zero-order valence-corrected chi connectivity index (χ0v) is 6.19. The van der Waals surface area contributed by atoms with Crippen LogP contribution in [-0.2, 0) is 0 Å². The van der Waals surface area contributed by atoms with Crippen LogP contribution >= 0.6 is 0 Å². The molecule has 0 unspecified atom stereocenters. The maximum absolute atomic E-state index is 12.6. The summed E-state index contributed by atoms with van der Waals surface area (Å²) < 4.78 is 12.6. The topological polar surface area (TPSA) is 20.2 Å². The molecule has 0 bridgehead atoms. The minimum Gasteiger partial charge on any atom is -0.513 e. The summed E-state index contributed by atoms with van der Waals surface area (Å²) in [4.78, 5) is 0. The van der Waals surface area contributed by atoms with Gasteiger partial charge >= 0.3 is 0 Å². The highest BCUT2D eigenvalue weighted by molar-refractivity contribution is 5.26. The van der Waals surface area contributed by atoms with Crippen LogP contribution in [0.4, 0.5) is 4.39 Å². The predicted molar refractivity (Wildman–Crippen MR) is 40.4 cm³/mol. The second-order valence-corrected chi connectivity index (χ2v) is 2.02. The summed E-state index contributed by atoms with van der Waals surface area (Å²) in [5.74, 6) is -0.492. The fourth-order valence-corrected chi connectivity index (χ4v) is 0.395. The van der Waals surface area contributed by atoms with E-state index in [0.29, 0.717) is 5.57 Å². The standard InChI is InChI=1S/C8H11FO/c1-4-6(2)8(9)5-7(3)10/h4-5,10H,1H2,2-3H3/b7-5+,8-6+. The van der Waals surface area contributed by atoms with Gasteiger partial charge in [-0.1, -0.05) is 12.7 Å². The molecule has 1 nitrogen and oxygen atoms in total. The van der Waals surface area contributed by atoms with Gasteiger partial charge in [-0.15, -0.1) is 0 Å². The van der Waals surface area contributed by atoms with E-state index in [9.17, 15) is 4.39 Å². The van der Waals surface area contributed by atoms with Crippen molar-refractivity contribution < 1.29 is 9.50 Å². The van der Waals surface area contributed by atoms with Crippen molar-refractivity contribution >= 4 is 0 Å². The maximum Gasteiger partial charge on any atom is 0.129 e. The second-order valence-electron chi connectivity index (χ2n) is 2.02. The Labute approximate surface area is 60.2 Å². The summed E-state index contributed by atoms with van der Waals surface area (Å²) in [6.07, 6.45) is 2.45. The first-order valence-electron chi connectivity index (χ1n) is 2.94. The Morgan fingerprint density at radius 1 is 1.50 bits per heavy atom. The summed E-state index contributed by atoms with van der Waals surface area (Å²) in [6.45, 7) is 6.38. The molecule has 1 N–H and O–H groups in total. The molecular formula is C8H11FO. The van der Waals surface area contributed by atoms with Crippen molar-refractivity contribution in [3.63, 3.8) is 0 Å². The highest BCUT2D eigenvalue weighted by atomic mass is 19.1. The van der Waals surface area contributed by atoms with Gasteiger partial charge in [0.2, 0.25) is 0 Å². The van der Waals surface area contributed by atoms with Crippen molar-refractivity contribution in [3.05, 3.63) is 35.9 Å². The normalized spacial score (nSPS) is 14.5. The van der Waals surface area contributed by atoms with E-state index < -0.39 is 5.83 Å². The molecule has 0 radical (unpaired) electrons. The van der Waals surface area contributed by atoms with Crippen molar-refractivity contribution in [1.82, 2.24) is 0 Å². The largest absolute Gasteiger partial charge is 0.513 e. The number of halogens is 1. The Bertz CT molecular complexity index is 185. The van der Waals surface area contributed by atoms with Crippen molar-refractivity contribution in [2.45, 2.75) is 13.8 Å².